The molecule has 0 spiro atoms. The SMILES string of the molecule is Fc1cccc(-c2noc(-c3ccc(NCc4ccc5c(c4)OCO5)nc3)n2)c1. The first kappa shape index (κ1) is 17.2. The van der Waals surface area contributed by atoms with Crippen LogP contribution in [0.1, 0.15) is 5.56 Å². The van der Waals surface area contributed by atoms with Gasteiger partial charge in [-0.25, -0.2) is 9.37 Å². The van der Waals surface area contributed by atoms with E-state index < -0.39 is 0 Å². The predicted octanol–water partition coefficient (Wildman–Crippen LogP) is 4.28. The van der Waals surface area contributed by atoms with Gasteiger partial charge in [0, 0.05) is 18.3 Å². The van der Waals surface area contributed by atoms with Crippen LogP contribution in [0.15, 0.2) is 65.3 Å². The summed E-state index contributed by atoms with van der Waals surface area (Å²) in [6.45, 7) is 0.846. The molecule has 2 aromatic carbocycles. The number of pyridine rings is 1. The maximum atomic E-state index is 13.4. The van der Waals surface area contributed by atoms with E-state index >= 15 is 0 Å². The fourth-order valence-corrected chi connectivity index (χ4v) is 2.95. The van der Waals surface area contributed by atoms with Crippen molar-refractivity contribution in [2.75, 3.05) is 12.1 Å². The Morgan fingerprint density at radius 2 is 1.90 bits per heavy atom. The number of rotatable bonds is 5. The van der Waals surface area contributed by atoms with E-state index in [1.807, 2.05) is 30.3 Å². The lowest BCUT2D eigenvalue weighted by molar-refractivity contribution is 0.174. The highest BCUT2D eigenvalue weighted by molar-refractivity contribution is 5.60. The molecule has 0 unspecified atom stereocenters. The zero-order valence-electron chi connectivity index (χ0n) is 15.1. The van der Waals surface area contributed by atoms with Gasteiger partial charge in [0.15, 0.2) is 11.5 Å². The third-order valence-electron chi connectivity index (χ3n) is 4.43. The maximum Gasteiger partial charge on any atom is 0.259 e. The van der Waals surface area contributed by atoms with Crippen molar-refractivity contribution < 1.29 is 18.4 Å². The normalized spacial score (nSPS) is 12.2. The summed E-state index contributed by atoms with van der Waals surface area (Å²) in [6, 6.07) is 15.5. The van der Waals surface area contributed by atoms with Crippen molar-refractivity contribution >= 4 is 5.82 Å². The third kappa shape index (κ3) is 3.60. The van der Waals surface area contributed by atoms with Crippen LogP contribution in [0.4, 0.5) is 10.2 Å². The summed E-state index contributed by atoms with van der Waals surface area (Å²) in [5.41, 5.74) is 2.28. The Bertz CT molecular complexity index is 1160. The minimum atomic E-state index is -0.353. The van der Waals surface area contributed by atoms with Gasteiger partial charge in [0.1, 0.15) is 11.6 Å². The van der Waals surface area contributed by atoms with Gasteiger partial charge in [-0.1, -0.05) is 23.4 Å². The summed E-state index contributed by atoms with van der Waals surface area (Å²) in [7, 11) is 0. The summed E-state index contributed by atoms with van der Waals surface area (Å²) < 4.78 is 29.4. The van der Waals surface area contributed by atoms with Crippen LogP contribution < -0.4 is 14.8 Å². The number of hydrogen-bond donors (Lipinski definition) is 1. The molecule has 0 radical (unpaired) electrons. The number of halogens is 1. The van der Waals surface area contributed by atoms with E-state index in [1.165, 1.54) is 12.1 Å². The number of fused-ring (bicyclic) bond motifs is 1. The Morgan fingerprint density at radius 1 is 0.966 bits per heavy atom. The first-order chi connectivity index (χ1) is 14.2. The van der Waals surface area contributed by atoms with Gasteiger partial charge >= 0.3 is 0 Å². The molecule has 7 nitrogen and oxygen atoms in total. The van der Waals surface area contributed by atoms with E-state index in [0.717, 1.165) is 17.1 Å². The highest BCUT2D eigenvalue weighted by atomic mass is 19.1. The summed E-state index contributed by atoms with van der Waals surface area (Å²) in [4.78, 5) is 8.70. The molecule has 29 heavy (non-hydrogen) atoms. The molecule has 0 amide bonds. The minimum absolute atomic E-state index is 0.256. The monoisotopic (exact) mass is 390 g/mol. The highest BCUT2D eigenvalue weighted by Gasteiger charge is 2.14. The second-order valence-corrected chi connectivity index (χ2v) is 6.41. The third-order valence-corrected chi connectivity index (χ3v) is 4.43. The largest absolute Gasteiger partial charge is 0.454 e. The Hall–Kier alpha value is -3.94. The van der Waals surface area contributed by atoms with Crippen LogP contribution in [0.3, 0.4) is 0 Å². The standard InChI is InChI=1S/C21H15FN4O3/c22-16-3-1-2-14(9-16)20-25-21(29-26-20)15-5-7-19(24-11-15)23-10-13-4-6-17-18(8-13)28-12-27-17/h1-9,11H,10,12H2,(H,23,24). The molecule has 5 rings (SSSR count). The summed E-state index contributed by atoms with van der Waals surface area (Å²) in [5, 5.41) is 7.16. The fourth-order valence-electron chi connectivity index (χ4n) is 2.95. The van der Waals surface area contributed by atoms with Crippen LogP contribution >= 0.6 is 0 Å². The smallest absolute Gasteiger partial charge is 0.259 e. The quantitative estimate of drug-likeness (QED) is 0.545. The van der Waals surface area contributed by atoms with Gasteiger partial charge in [-0.15, -0.1) is 0 Å². The number of aromatic nitrogens is 3. The Labute approximate surface area is 165 Å². The average Bonchev–Trinajstić information content (AvgIpc) is 3.42. The number of hydrogen-bond acceptors (Lipinski definition) is 7. The molecule has 8 heteroatoms. The zero-order chi connectivity index (χ0) is 19.6. The molecular weight excluding hydrogens is 375 g/mol. The molecular formula is C21H15FN4O3. The molecule has 0 aliphatic carbocycles. The van der Waals surface area contributed by atoms with Gasteiger partial charge in [-0.2, -0.15) is 4.98 Å². The molecule has 1 aliphatic heterocycles. The predicted molar refractivity (Wildman–Crippen MR) is 103 cm³/mol. The topological polar surface area (TPSA) is 82.3 Å². The highest BCUT2D eigenvalue weighted by Crippen LogP contribution is 2.32. The number of nitrogens with zero attached hydrogens (tertiary/aromatic N) is 3. The Morgan fingerprint density at radius 3 is 2.76 bits per heavy atom. The lowest BCUT2D eigenvalue weighted by atomic mass is 10.2. The first-order valence-electron chi connectivity index (χ1n) is 8.93. The molecule has 4 aromatic rings. The minimum Gasteiger partial charge on any atom is -0.454 e. The van der Waals surface area contributed by atoms with Gasteiger partial charge in [-0.05, 0) is 42.0 Å². The van der Waals surface area contributed by atoms with Crippen LogP contribution in [-0.2, 0) is 6.54 Å². The molecule has 0 bridgehead atoms. The van der Waals surface area contributed by atoms with Crippen molar-refractivity contribution in [2.24, 2.45) is 0 Å². The number of anilines is 1. The molecule has 1 N–H and O–H groups in total. The number of nitrogens with one attached hydrogen (secondary N) is 1. The molecule has 0 saturated heterocycles. The van der Waals surface area contributed by atoms with Crippen molar-refractivity contribution in [1.29, 1.82) is 0 Å². The molecule has 0 fully saturated rings. The van der Waals surface area contributed by atoms with Crippen molar-refractivity contribution in [3.8, 4) is 34.3 Å². The van der Waals surface area contributed by atoms with Gasteiger partial charge in [0.2, 0.25) is 12.6 Å². The van der Waals surface area contributed by atoms with Crippen molar-refractivity contribution in [1.82, 2.24) is 15.1 Å². The van der Waals surface area contributed by atoms with E-state index in [0.29, 0.717) is 35.2 Å². The van der Waals surface area contributed by atoms with Gasteiger partial charge in [0.25, 0.3) is 5.89 Å². The maximum absolute atomic E-state index is 13.4. The van der Waals surface area contributed by atoms with Crippen LogP contribution in [0.2, 0.25) is 0 Å². The molecule has 0 saturated carbocycles. The van der Waals surface area contributed by atoms with Crippen LogP contribution in [0.5, 0.6) is 11.5 Å². The average molecular weight is 390 g/mol. The van der Waals surface area contributed by atoms with Crippen LogP contribution in [0.25, 0.3) is 22.8 Å². The summed E-state index contributed by atoms with van der Waals surface area (Å²) in [5.74, 6) is 2.50. The first-order valence-corrected chi connectivity index (χ1v) is 8.93. The van der Waals surface area contributed by atoms with Crippen molar-refractivity contribution in [3.05, 3.63) is 72.2 Å². The van der Waals surface area contributed by atoms with E-state index in [4.69, 9.17) is 14.0 Å². The molecule has 1 aliphatic rings. The van der Waals surface area contributed by atoms with E-state index in [9.17, 15) is 4.39 Å². The lowest BCUT2D eigenvalue weighted by Crippen LogP contribution is -2.01. The van der Waals surface area contributed by atoms with Crippen molar-refractivity contribution in [3.63, 3.8) is 0 Å². The second-order valence-electron chi connectivity index (χ2n) is 6.41. The van der Waals surface area contributed by atoms with Gasteiger partial charge in [0.05, 0.1) is 5.56 Å². The summed E-state index contributed by atoms with van der Waals surface area (Å²) >= 11 is 0. The van der Waals surface area contributed by atoms with E-state index in [2.05, 4.69) is 20.4 Å². The molecule has 2 aromatic heterocycles. The Kier molecular flexibility index (Phi) is 4.28. The van der Waals surface area contributed by atoms with Gasteiger partial charge < -0.3 is 19.3 Å². The lowest BCUT2D eigenvalue weighted by Gasteiger charge is -2.06. The summed E-state index contributed by atoms with van der Waals surface area (Å²) in [6.07, 6.45) is 1.64. The molecule has 144 valence electrons. The molecule has 3 heterocycles. The second kappa shape index (κ2) is 7.23. The van der Waals surface area contributed by atoms with E-state index in [-0.39, 0.29) is 12.6 Å². The fraction of sp³-hybridized carbons (Fsp3) is 0.0952. The Balaban J connectivity index is 1.27. The number of ether oxygens (including phenoxy) is 2. The van der Waals surface area contributed by atoms with Crippen molar-refractivity contribution in [2.45, 2.75) is 6.54 Å². The van der Waals surface area contributed by atoms with Gasteiger partial charge in [-0.3, -0.25) is 0 Å². The van der Waals surface area contributed by atoms with E-state index in [1.54, 1.807) is 18.3 Å². The number of benzene rings is 2. The molecule has 0 atom stereocenters. The van der Waals surface area contributed by atoms with Crippen LogP contribution in [0, 0.1) is 5.82 Å². The van der Waals surface area contributed by atoms with Crippen LogP contribution in [-0.4, -0.2) is 21.9 Å². The zero-order valence-corrected chi connectivity index (χ0v) is 15.1.